The predicted molar refractivity (Wildman–Crippen MR) is 176 cm³/mol. The summed E-state index contributed by atoms with van der Waals surface area (Å²) in [7, 11) is 0. The Balaban J connectivity index is 0.000000250. The molecule has 4 aromatic rings. The van der Waals surface area contributed by atoms with Gasteiger partial charge in [-0.2, -0.15) is 0 Å². The Bertz CT molecular complexity index is 1640. The van der Waals surface area contributed by atoms with E-state index in [2.05, 4.69) is 20.5 Å². The van der Waals surface area contributed by atoms with Gasteiger partial charge in [-0.3, -0.25) is 19.6 Å². The number of benzene rings is 2. The Morgan fingerprint density at radius 2 is 0.978 bits per heavy atom. The van der Waals surface area contributed by atoms with Gasteiger partial charge in [0.05, 0.1) is 33.7 Å². The molecule has 0 aliphatic heterocycles. The highest BCUT2D eigenvalue weighted by atomic mass is 16.3. The summed E-state index contributed by atoms with van der Waals surface area (Å²) in [5, 5.41) is 51.2. The van der Waals surface area contributed by atoms with Crippen LogP contribution in [-0.4, -0.2) is 64.6 Å². The van der Waals surface area contributed by atoms with Crippen LogP contribution < -0.4 is 11.1 Å². The molecule has 0 unspecified atom stereocenters. The molecule has 2 aromatic carbocycles. The second kappa shape index (κ2) is 15.5. The zero-order valence-corrected chi connectivity index (χ0v) is 26.7. The SMILES string of the molecule is CC[C@@H]([C@H](O)c1ccc(O)c2[nH]c(=O)ccc12)N(N=O)C(C)C.CC[C@H]([C@@H](O)c1ccc(O)c2[nH]c(=O)ccc12)N(N=O)C(C)C. The average Bonchev–Trinajstić information content (AvgIpc) is 3.02. The molecule has 248 valence electrons. The molecule has 0 fully saturated rings. The van der Waals surface area contributed by atoms with Gasteiger partial charge in [-0.05, 0) is 75.9 Å². The number of nitrogens with zero attached hydrogens (tertiary/aromatic N) is 4. The highest BCUT2D eigenvalue weighted by Gasteiger charge is 2.30. The molecule has 2 aromatic heterocycles. The zero-order valence-electron chi connectivity index (χ0n) is 26.7. The van der Waals surface area contributed by atoms with Crippen molar-refractivity contribution >= 4 is 21.8 Å². The lowest BCUT2D eigenvalue weighted by Gasteiger charge is -2.32. The summed E-state index contributed by atoms with van der Waals surface area (Å²) in [5.74, 6) is -0.146. The summed E-state index contributed by atoms with van der Waals surface area (Å²) in [5.41, 5.74) is 0.887. The molecule has 0 bridgehead atoms. The Labute approximate surface area is 265 Å². The topological polar surface area (TPSA) is 212 Å². The van der Waals surface area contributed by atoms with E-state index in [4.69, 9.17) is 0 Å². The van der Waals surface area contributed by atoms with E-state index in [9.17, 15) is 39.8 Å². The van der Waals surface area contributed by atoms with Crippen molar-refractivity contribution in [2.75, 3.05) is 0 Å². The second-order valence-electron chi connectivity index (χ2n) is 11.5. The van der Waals surface area contributed by atoms with Gasteiger partial charge in [-0.1, -0.05) is 26.0 Å². The summed E-state index contributed by atoms with van der Waals surface area (Å²) in [6.45, 7) is 11.0. The Morgan fingerprint density at radius 1 is 0.630 bits per heavy atom. The first-order valence-electron chi connectivity index (χ1n) is 15.1. The van der Waals surface area contributed by atoms with Crippen molar-refractivity contribution in [1.82, 2.24) is 20.0 Å². The van der Waals surface area contributed by atoms with Gasteiger partial charge in [-0.25, -0.2) is 0 Å². The standard InChI is InChI=1S/2C16H21N3O4/c2*1-4-12(19(18-23)9(2)3)16(22)11-5-7-13(20)15-10(11)6-8-14(21)17-15/h2*5-9,12,16,20,22H,4H2,1-3H3,(H,17,21)/t2*12-,16+/m10/s1. The number of rotatable bonds is 12. The minimum atomic E-state index is -0.992. The van der Waals surface area contributed by atoms with E-state index in [0.717, 1.165) is 0 Å². The fourth-order valence-electron chi connectivity index (χ4n) is 5.63. The molecule has 14 heteroatoms. The number of phenolic OH excluding ortho intramolecular Hbond substituents is 2. The van der Waals surface area contributed by atoms with Gasteiger partial charge in [0.1, 0.15) is 23.7 Å². The summed E-state index contributed by atoms with van der Waals surface area (Å²) >= 11 is 0. The highest BCUT2D eigenvalue weighted by Crippen LogP contribution is 2.34. The van der Waals surface area contributed by atoms with Gasteiger partial charge in [0.25, 0.3) is 0 Å². The largest absolute Gasteiger partial charge is 0.506 e. The molecule has 6 N–H and O–H groups in total. The van der Waals surface area contributed by atoms with Crippen molar-refractivity contribution in [2.24, 2.45) is 10.6 Å². The van der Waals surface area contributed by atoms with E-state index in [1.165, 1.54) is 34.3 Å². The maximum Gasteiger partial charge on any atom is 0.248 e. The molecule has 0 aliphatic rings. The molecule has 4 rings (SSSR count). The first kappa shape index (κ1) is 35.7. The van der Waals surface area contributed by atoms with Gasteiger partial charge in [0.2, 0.25) is 11.1 Å². The van der Waals surface area contributed by atoms with Crippen molar-refractivity contribution in [3.63, 3.8) is 0 Å². The first-order valence-corrected chi connectivity index (χ1v) is 15.1. The molecule has 0 saturated heterocycles. The normalized spacial score (nSPS) is 14.0. The minimum absolute atomic E-state index is 0.0732. The molecule has 2 heterocycles. The number of aliphatic hydroxyl groups excluding tert-OH is 2. The van der Waals surface area contributed by atoms with E-state index >= 15 is 0 Å². The van der Waals surface area contributed by atoms with Crippen molar-refractivity contribution in [2.45, 2.75) is 90.8 Å². The smallest absolute Gasteiger partial charge is 0.248 e. The molecular formula is C32H42N6O8. The Kier molecular flexibility index (Phi) is 12.0. The van der Waals surface area contributed by atoms with Gasteiger partial charge in [0.15, 0.2) is 0 Å². The van der Waals surface area contributed by atoms with Crippen LogP contribution in [0.5, 0.6) is 11.5 Å². The summed E-state index contributed by atoms with van der Waals surface area (Å²) < 4.78 is 0. The number of aromatic hydroxyl groups is 2. The van der Waals surface area contributed by atoms with E-state index in [-0.39, 0.29) is 45.7 Å². The number of aromatic amines is 2. The van der Waals surface area contributed by atoms with Crippen LogP contribution in [0.25, 0.3) is 21.8 Å². The molecule has 0 spiro atoms. The number of hydrogen-bond acceptors (Lipinski definition) is 10. The summed E-state index contributed by atoms with van der Waals surface area (Å²) in [6.07, 6.45) is -0.962. The van der Waals surface area contributed by atoms with Crippen LogP contribution in [-0.2, 0) is 0 Å². The third kappa shape index (κ3) is 7.51. The zero-order chi connectivity index (χ0) is 34.3. The lowest BCUT2D eigenvalue weighted by Crippen LogP contribution is -2.39. The fourth-order valence-corrected chi connectivity index (χ4v) is 5.63. The molecule has 0 radical (unpaired) electrons. The molecular weight excluding hydrogens is 596 g/mol. The summed E-state index contributed by atoms with van der Waals surface area (Å²) in [4.78, 5) is 50.3. The number of hydrogen-bond donors (Lipinski definition) is 6. The van der Waals surface area contributed by atoms with E-state index in [1.54, 1.807) is 24.3 Å². The van der Waals surface area contributed by atoms with Gasteiger partial charge in [-0.15, -0.1) is 9.81 Å². The summed E-state index contributed by atoms with van der Waals surface area (Å²) in [6, 6.07) is 10.4. The Hall–Kier alpha value is -4.82. The Morgan fingerprint density at radius 3 is 1.26 bits per heavy atom. The third-order valence-electron chi connectivity index (χ3n) is 7.94. The second-order valence-corrected chi connectivity index (χ2v) is 11.5. The fraction of sp³-hybridized carbons (Fsp3) is 0.438. The van der Waals surface area contributed by atoms with E-state index in [0.29, 0.717) is 34.7 Å². The molecule has 0 aliphatic carbocycles. The molecule has 14 nitrogen and oxygen atoms in total. The van der Waals surface area contributed by atoms with Crippen LogP contribution in [0.2, 0.25) is 0 Å². The maximum absolute atomic E-state index is 11.5. The minimum Gasteiger partial charge on any atom is -0.506 e. The average molecular weight is 639 g/mol. The van der Waals surface area contributed by atoms with Crippen LogP contribution in [0.15, 0.2) is 68.7 Å². The lowest BCUT2D eigenvalue weighted by atomic mass is 9.95. The van der Waals surface area contributed by atoms with Crippen molar-refractivity contribution in [1.29, 1.82) is 0 Å². The highest BCUT2D eigenvalue weighted by molar-refractivity contribution is 5.88. The van der Waals surface area contributed by atoms with Crippen LogP contribution in [0.1, 0.15) is 77.7 Å². The van der Waals surface area contributed by atoms with Crippen LogP contribution in [0, 0.1) is 9.81 Å². The number of aliphatic hydroxyl groups is 2. The third-order valence-corrected chi connectivity index (χ3v) is 7.94. The van der Waals surface area contributed by atoms with Crippen molar-refractivity contribution in [3.8, 4) is 11.5 Å². The lowest BCUT2D eigenvalue weighted by molar-refractivity contribution is 0.0292. The number of H-pyrrole nitrogens is 2. The molecule has 0 saturated carbocycles. The van der Waals surface area contributed by atoms with Gasteiger partial charge in [0, 0.05) is 35.0 Å². The van der Waals surface area contributed by atoms with Crippen molar-refractivity contribution < 1.29 is 20.4 Å². The van der Waals surface area contributed by atoms with Gasteiger partial charge < -0.3 is 30.4 Å². The number of fused-ring (bicyclic) bond motifs is 2. The number of nitroso groups, excluding NO2 is 2. The number of nitrogens with one attached hydrogen (secondary N) is 2. The van der Waals surface area contributed by atoms with Crippen LogP contribution in [0.3, 0.4) is 0 Å². The van der Waals surface area contributed by atoms with Crippen molar-refractivity contribution in [3.05, 3.63) is 90.2 Å². The molecule has 0 amide bonds. The van der Waals surface area contributed by atoms with Crippen LogP contribution >= 0.6 is 0 Å². The van der Waals surface area contributed by atoms with Crippen LogP contribution in [0.4, 0.5) is 0 Å². The van der Waals surface area contributed by atoms with E-state index in [1.807, 2.05) is 41.5 Å². The van der Waals surface area contributed by atoms with E-state index < -0.39 is 24.3 Å². The quantitative estimate of drug-likeness (QED) is 0.0914. The maximum atomic E-state index is 11.5. The number of pyridine rings is 2. The number of aromatic nitrogens is 2. The number of phenols is 2. The molecule has 4 atom stereocenters. The monoisotopic (exact) mass is 638 g/mol. The first-order chi connectivity index (χ1) is 21.8. The molecule has 46 heavy (non-hydrogen) atoms. The predicted octanol–water partition coefficient (Wildman–Crippen LogP) is 4.88. The van der Waals surface area contributed by atoms with Gasteiger partial charge >= 0.3 is 0 Å².